The van der Waals surface area contributed by atoms with E-state index in [0.717, 1.165) is 17.1 Å². The van der Waals surface area contributed by atoms with Crippen LogP contribution in [0.2, 0.25) is 4.34 Å². The molecule has 7 heteroatoms. The fourth-order valence-corrected chi connectivity index (χ4v) is 3.78. The summed E-state index contributed by atoms with van der Waals surface area (Å²) >= 11 is 7.17. The molecule has 2 rings (SSSR count). The predicted molar refractivity (Wildman–Crippen MR) is 84.0 cm³/mol. The zero-order chi connectivity index (χ0) is 14.6. The number of anilines is 1. The van der Waals surface area contributed by atoms with Crippen LogP contribution in [0.25, 0.3) is 0 Å². The summed E-state index contributed by atoms with van der Waals surface area (Å²) in [5, 5.41) is 3.12. The molecule has 0 unspecified atom stereocenters. The largest absolute Gasteiger partial charge is 0.385 e. The standard InChI is InChI=1S/C13H15ClN2O2S2/c1-2-15-10-3-6-12(7-4-10)20(17,18)16-9-11-5-8-13(14)19-11/h3-8,15-16H,2,9H2,1H3. The van der Waals surface area contributed by atoms with Gasteiger partial charge >= 0.3 is 0 Å². The Hall–Kier alpha value is -1.08. The first-order chi connectivity index (χ1) is 9.51. The molecule has 1 aromatic heterocycles. The van der Waals surface area contributed by atoms with Gasteiger partial charge in [-0.2, -0.15) is 0 Å². The monoisotopic (exact) mass is 330 g/mol. The van der Waals surface area contributed by atoms with Crippen molar-refractivity contribution in [3.8, 4) is 0 Å². The highest BCUT2D eigenvalue weighted by molar-refractivity contribution is 7.89. The van der Waals surface area contributed by atoms with Crippen LogP contribution < -0.4 is 10.0 Å². The molecule has 0 amide bonds. The summed E-state index contributed by atoms with van der Waals surface area (Å²) in [4.78, 5) is 1.13. The van der Waals surface area contributed by atoms with E-state index >= 15 is 0 Å². The smallest absolute Gasteiger partial charge is 0.240 e. The average molecular weight is 331 g/mol. The molecule has 0 saturated heterocycles. The minimum Gasteiger partial charge on any atom is -0.385 e. The number of hydrogen-bond acceptors (Lipinski definition) is 4. The van der Waals surface area contributed by atoms with Gasteiger partial charge in [0, 0.05) is 23.7 Å². The van der Waals surface area contributed by atoms with E-state index in [2.05, 4.69) is 10.0 Å². The second-order valence-corrected chi connectivity index (χ2v) is 7.65. The first-order valence-electron chi connectivity index (χ1n) is 6.09. The molecule has 0 aliphatic heterocycles. The maximum atomic E-state index is 12.1. The Morgan fingerprint density at radius 3 is 2.40 bits per heavy atom. The van der Waals surface area contributed by atoms with Crippen molar-refractivity contribution in [2.75, 3.05) is 11.9 Å². The van der Waals surface area contributed by atoms with Gasteiger partial charge in [0.05, 0.1) is 9.23 Å². The molecule has 4 nitrogen and oxygen atoms in total. The fourth-order valence-electron chi connectivity index (χ4n) is 1.65. The SMILES string of the molecule is CCNc1ccc(S(=O)(=O)NCc2ccc(Cl)s2)cc1. The Balaban J connectivity index is 2.05. The van der Waals surface area contributed by atoms with Crippen LogP contribution in [-0.4, -0.2) is 15.0 Å². The normalized spacial score (nSPS) is 11.5. The van der Waals surface area contributed by atoms with Crippen LogP contribution in [0.4, 0.5) is 5.69 Å². The van der Waals surface area contributed by atoms with Gasteiger partial charge in [-0.25, -0.2) is 13.1 Å². The molecule has 0 saturated carbocycles. The first-order valence-corrected chi connectivity index (χ1v) is 8.77. The van der Waals surface area contributed by atoms with Crippen LogP contribution in [0.5, 0.6) is 0 Å². The van der Waals surface area contributed by atoms with Crippen molar-refractivity contribution in [2.24, 2.45) is 0 Å². The molecule has 0 bridgehead atoms. The van der Waals surface area contributed by atoms with Gasteiger partial charge < -0.3 is 5.32 Å². The molecular weight excluding hydrogens is 316 g/mol. The Kier molecular flexibility index (Phi) is 5.04. The maximum Gasteiger partial charge on any atom is 0.240 e. The van der Waals surface area contributed by atoms with Gasteiger partial charge in [0.25, 0.3) is 0 Å². The van der Waals surface area contributed by atoms with E-state index in [4.69, 9.17) is 11.6 Å². The lowest BCUT2D eigenvalue weighted by molar-refractivity contribution is 0.582. The number of nitrogens with one attached hydrogen (secondary N) is 2. The fraction of sp³-hybridized carbons (Fsp3) is 0.231. The lowest BCUT2D eigenvalue weighted by Crippen LogP contribution is -2.22. The summed E-state index contributed by atoms with van der Waals surface area (Å²) in [5.41, 5.74) is 0.900. The van der Waals surface area contributed by atoms with Crippen LogP contribution in [0.3, 0.4) is 0 Å². The first kappa shape index (κ1) is 15.3. The molecule has 1 heterocycles. The van der Waals surface area contributed by atoms with E-state index in [1.165, 1.54) is 11.3 Å². The van der Waals surface area contributed by atoms with Gasteiger partial charge in [-0.1, -0.05) is 11.6 Å². The number of thiophene rings is 1. The minimum absolute atomic E-state index is 0.245. The summed E-state index contributed by atoms with van der Waals surface area (Å²) in [6.45, 7) is 3.02. The van der Waals surface area contributed by atoms with Gasteiger partial charge in [-0.15, -0.1) is 11.3 Å². The van der Waals surface area contributed by atoms with E-state index in [0.29, 0.717) is 4.34 Å². The molecule has 0 radical (unpaired) electrons. The molecule has 0 fully saturated rings. The maximum absolute atomic E-state index is 12.1. The number of sulfonamides is 1. The van der Waals surface area contributed by atoms with E-state index < -0.39 is 10.0 Å². The lowest BCUT2D eigenvalue weighted by atomic mass is 10.3. The van der Waals surface area contributed by atoms with Crippen molar-refractivity contribution in [2.45, 2.75) is 18.4 Å². The second kappa shape index (κ2) is 6.58. The molecule has 1 aromatic carbocycles. The van der Waals surface area contributed by atoms with Crippen LogP contribution in [-0.2, 0) is 16.6 Å². The lowest BCUT2D eigenvalue weighted by Gasteiger charge is -2.07. The van der Waals surface area contributed by atoms with Crippen LogP contribution in [0, 0.1) is 0 Å². The molecular formula is C13H15ClN2O2S2. The van der Waals surface area contributed by atoms with Crippen LogP contribution in [0.15, 0.2) is 41.3 Å². The Morgan fingerprint density at radius 2 is 1.85 bits per heavy atom. The third-order valence-corrected chi connectivity index (χ3v) is 5.26. The van der Waals surface area contributed by atoms with Gasteiger partial charge in [-0.05, 0) is 43.3 Å². The summed E-state index contributed by atoms with van der Waals surface area (Å²) in [5.74, 6) is 0. The Labute approximate surface area is 127 Å². The predicted octanol–water partition coefficient (Wildman–Crippen LogP) is 3.31. The minimum atomic E-state index is -3.50. The number of benzene rings is 1. The van der Waals surface area contributed by atoms with E-state index in [1.807, 2.05) is 13.0 Å². The Morgan fingerprint density at radius 1 is 1.15 bits per heavy atom. The highest BCUT2D eigenvalue weighted by atomic mass is 35.5. The molecule has 108 valence electrons. The van der Waals surface area contributed by atoms with Gasteiger partial charge in [0.15, 0.2) is 0 Å². The van der Waals surface area contributed by atoms with Crippen molar-refractivity contribution in [1.29, 1.82) is 0 Å². The topological polar surface area (TPSA) is 58.2 Å². The van der Waals surface area contributed by atoms with E-state index in [-0.39, 0.29) is 11.4 Å². The average Bonchev–Trinajstić information content (AvgIpc) is 2.84. The van der Waals surface area contributed by atoms with Gasteiger partial charge in [0.2, 0.25) is 10.0 Å². The zero-order valence-electron chi connectivity index (χ0n) is 10.9. The van der Waals surface area contributed by atoms with Crippen LogP contribution >= 0.6 is 22.9 Å². The van der Waals surface area contributed by atoms with Gasteiger partial charge in [0.1, 0.15) is 0 Å². The summed E-state index contributed by atoms with van der Waals surface area (Å²) in [6, 6.07) is 10.2. The number of halogens is 1. The summed E-state index contributed by atoms with van der Waals surface area (Å²) in [6.07, 6.45) is 0. The molecule has 0 atom stereocenters. The van der Waals surface area contributed by atoms with Crippen molar-refractivity contribution < 1.29 is 8.42 Å². The molecule has 0 aliphatic carbocycles. The van der Waals surface area contributed by atoms with Crippen molar-refractivity contribution in [3.63, 3.8) is 0 Å². The van der Waals surface area contributed by atoms with Gasteiger partial charge in [-0.3, -0.25) is 0 Å². The zero-order valence-corrected chi connectivity index (χ0v) is 13.3. The van der Waals surface area contributed by atoms with Crippen molar-refractivity contribution in [3.05, 3.63) is 45.6 Å². The van der Waals surface area contributed by atoms with Crippen molar-refractivity contribution in [1.82, 2.24) is 4.72 Å². The molecule has 0 aliphatic rings. The summed E-state index contributed by atoms with van der Waals surface area (Å²) in [7, 11) is -3.50. The van der Waals surface area contributed by atoms with E-state index in [9.17, 15) is 8.42 Å². The molecule has 0 spiro atoms. The molecule has 2 N–H and O–H groups in total. The molecule has 20 heavy (non-hydrogen) atoms. The third kappa shape index (κ3) is 3.96. The van der Waals surface area contributed by atoms with E-state index in [1.54, 1.807) is 30.3 Å². The summed E-state index contributed by atoms with van der Waals surface area (Å²) < 4.78 is 27.5. The van der Waals surface area contributed by atoms with Crippen molar-refractivity contribution >= 4 is 38.6 Å². The Bertz CT molecular complexity index is 666. The highest BCUT2D eigenvalue weighted by Crippen LogP contribution is 2.22. The van der Waals surface area contributed by atoms with Crippen LogP contribution in [0.1, 0.15) is 11.8 Å². The molecule has 2 aromatic rings. The highest BCUT2D eigenvalue weighted by Gasteiger charge is 2.13. The quantitative estimate of drug-likeness (QED) is 0.854. The number of rotatable bonds is 6. The number of hydrogen-bond donors (Lipinski definition) is 2. The third-order valence-electron chi connectivity index (χ3n) is 2.61. The second-order valence-electron chi connectivity index (χ2n) is 4.09.